The number of nitrogens with two attached hydrogens (primary N) is 3. The Hall–Kier alpha value is -0.450. The molecule has 0 bridgehead atoms. The summed E-state index contributed by atoms with van der Waals surface area (Å²) >= 11 is 0. The molecule has 0 amide bonds. The molecule has 14 heavy (non-hydrogen) atoms. The Morgan fingerprint density at radius 2 is 1.50 bits per heavy atom. The highest BCUT2D eigenvalue weighted by molar-refractivity contribution is 5.75. The number of rotatable bonds is 8. The van der Waals surface area contributed by atoms with Crippen molar-refractivity contribution in [1.82, 2.24) is 0 Å². The van der Waals surface area contributed by atoms with Gasteiger partial charge in [0.1, 0.15) is 11.6 Å². The molecule has 0 aromatic carbocycles. The van der Waals surface area contributed by atoms with Crippen LogP contribution in [0.3, 0.4) is 0 Å². The lowest BCUT2D eigenvalue weighted by atomic mass is 10.1. The Kier molecular flexibility index (Phi) is 6.70. The SMILES string of the molecule is CC(=O)CCCCCCCC(N)(N)N. The van der Waals surface area contributed by atoms with E-state index >= 15 is 0 Å². The summed E-state index contributed by atoms with van der Waals surface area (Å²) in [4.78, 5) is 10.6. The van der Waals surface area contributed by atoms with Crippen LogP contribution < -0.4 is 17.2 Å². The molecular weight excluding hydrogens is 178 g/mol. The molecule has 0 saturated carbocycles. The molecular formula is C10H23N3O. The van der Waals surface area contributed by atoms with E-state index in [1.165, 1.54) is 0 Å². The van der Waals surface area contributed by atoms with Gasteiger partial charge in [-0.25, -0.2) is 0 Å². The molecule has 0 unspecified atom stereocenters. The molecule has 0 heterocycles. The van der Waals surface area contributed by atoms with Crippen LogP contribution in [0.4, 0.5) is 0 Å². The van der Waals surface area contributed by atoms with Gasteiger partial charge < -0.3 is 22.0 Å². The first-order valence-corrected chi connectivity index (χ1v) is 5.28. The van der Waals surface area contributed by atoms with Crippen molar-refractivity contribution in [2.45, 2.75) is 57.7 Å². The lowest BCUT2D eigenvalue weighted by Crippen LogP contribution is -2.57. The summed E-state index contributed by atoms with van der Waals surface area (Å²) in [5, 5.41) is 0. The smallest absolute Gasteiger partial charge is 0.129 e. The largest absolute Gasteiger partial charge is 0.301 e. The first-order chi connectivity index (χ1) is 6.42. The van der Waals surface area contributed by atoms with E-state index in [2.05, 4.69) is 0 Å². The molecule has 0 aliphatic rings. The minimum Gasteiger partial charge on any atom is -0.301 e. The third-order valence-electron chi connectivity index (χ3n) is 2.14. The summed E-state index contributed by atoms with van der Waals surface area (Å²) in [6, 6.07) is 0. The van der Waals surface area contributed by atoms with Crippen LogP contribution >= 0.6 is 0 Å². The lowest BCUT2D eigenvalue weighted by Gasteiger charge is -2.17. The quantitative estimate of drug-likeness (QED) is 0.400. The van der Waals surface area contributed by atoms with E-state index in [1.54, 1.807) is 6.92 Å². The van der Waals surface area contributed by atoms with Crippen LogP contribution in [-0.4, -0.2) is 11.6 Å². The number of ketones is 1. The summed E-state index contributed by atoms with van der Waals surface area (Å²) in [6.07, 6.45) is 6.63. The van der Waals surface area contributed by atoms with Gasteiger partial charge in [0.05, 0.1) is 0 Å². The number of carbonyl (C=O) groups excluding carboxylic acids is 1. The van der Waals surface area contributed by atoms with Gasteiger partial charge in [-0.1, -0.05) is 19.3 Å². The summed E-state index contributed by atoms with van der Waals surface area (Å²) in [7, 11) is 0. The molecule has 84 valence electrons. The third kappa shape index (κ3) is 11.6. The monoisotopic (exact) mass is 201 g/mol. The molecule has 0 aliphatic carbocycles. The summed E-state index contributed by atoms with van der Waals surface area (Å²) in [5.74, 6) is -0.741. The summed E-state index contributed by atoms with van der Waals surface area (Å²) in [6.45, 7) is 1.63. The molecule has 0 fully saturated rings. The maximum atomic E-state index is 10.6. The molecule has 6 N–H and O–H groups in total. The average Bonchev–Trinajstić information content (AvgIpc) is 2.00. The van der Waals surface area contributed by atoms with Gasteiger partial charge in [0, 0.05) is 6.42 Å². The molecule has 0 aromatic heterocycles. The fourth-order valence-corrected chi connectivity index (χ4v) is 1.34. The Labute approximate surface area is 86.2 Å². The van der Waals surface area contributed by atoms with E-state index in [1.807, 2.05) is 0 Å². The number of unbranched alkanes of at least 4 members (excludes halogenated alkanes) is 4. The second-order valence-electron chi connectivity index (χ2n) is 4.08. The normalized spacial score (nSPS) is 11.7. The second-order valence-corrected chi connectivity index (χ2v) is 4.08. The molecule has 0 saturated heterocycles. The molecule has 0 aromatic rings. The van der Waals surface area contributed by atoms with Crippen molar-refractivity contribution in [3.05, 3.63) is 0 Å². The van der Waals surface area contributed by atoms with Crippen molar-refractivity contribution in [1.29, 1.82) is 0 Å². The molecule has 4 nitrogen and oxygen atoms in total. The zero-order valence-corrected chi connectivity index (χ0v) is 9.09. The van der Waals surface area contributed by atoms with E-state index in [9.17, 15) is 4.79 Å². The van der Waals surface area contributed by atoms with Gasteiger partial charge in [-0.15, -0.1) is 0 Å². The Morgan fingerprint density at radius 3 is 2.00 bits per heavy atom. The predicted molar refractivity (Wildman–Crippen MR) is 58.3 cm³/mol. The maximum Gasteiger partial charge on any atom is 0.129 e. The Morgan fingerprint density at radius 1 is 1.00 bits per heavy atom. The van der Waals surface area contributed by atoms with Gasteiger partial charge in [-0.05, 0) is 26.2 Å². The standard InChI is InChI=1S/C10H23N3O/c1-9(14)7-5-3-2-4-6-8-10(11,12)13/h2-8,11-13H2,1H3. The second kappa shape index (κ2) is 6.92. The topological polar surface area (TPSA) is 95.1 Å². The van der Waals surface area contributed by atoms with Crippen LogP contribution in [0.15, 0.2) is 0 Å². The highest BCUT2D eigenvalue weighted by atomic mass is 16.1. The Bertz CT molecular complexity index is 163. The van der Waals surface area contributed by atoms with E-state index in [0.717, 1.165) is 32.1 Å². The molecule has 0 radical (unpaired) electrons. The first kappa shape index (κ1) is 13.5. The van der Waals surface area contributed by atoms with E-state index < -0.39 is 5.79 Å². The lowest BCUT2D eigenvalue weighted by molar-refractivity contribution is -0.117. The maximum absolute atomic E-state index is 10.6. The minimum absolute atomic E-state index is 0.273. The van der Waals surface area contributed by atoms with Gasteiger partial charge >= 0.3 is 0 Å². The van der Waals surface area contributed by atoms with Crippen molar-refractivity contribution >= 4 is 5.78 Å². The summed E-state index contributed by atoms with van der Waals surface area (Å²) < 4.78 is 0. The van der Waals surface area contributed by atoms with Crippen LogP contribution in [0.5, 0.6) is 0 Å². The first-order valence-electron chi connectivity index (χ1n) is 5.28. The number of carbonyl (C=O) groups is 1. The van der Waals surface area contributed by atoms with E-state index in [-0.39, 0.29) is 5.78 Å². The van der Waals surface area contributed by atoms with Crippen LogP contribution in [-0.2, 0) is 4.79 Å². The van der Waals surface area contributed by atoms with E-state index in [0.29, 0.717) is 12.8 Å². The highest BCUT2D eigenvalue weighted by Gasteiger charge is 2.09. The highest BCUT2D eigenvalue weighted by Crippen LogP contribution is 2.08. The molecule has 0 aliphatic heterocycles. The van der Waals surface area contributed by atoms with Crippen molar-refractivity contribution in [3.8, 4) is 0 Å². The third-order valence-corrected chi connectivity index (χ3v) is 2.14. The van der Waals surface area contributed by atoms with Crippen LogP contribution in [0.1, 0.15) is 51.9 Å². The fourth-order valence-electron chi connectivity index (χ4n) is 1.34. The molecule has 0 rings (SSSR count). The zero-order valence-electron chi connectivity index (χ0n) is 9.09. The van der Waals surface area contributed by atoms with Gasteiger partial charge in [0.2, 0.25) is 0 Å². The van der Waals surface area contributed by atoms with Crippen LogP contribution in [0, 0.1) is 0 Å². The Balaban J connectivity index is 3.11. The van der Waals surface area contributed by atoms with Gasteiger partial charge in [-0.2, -0.15) is 0 Å². The van der Waals surface area contributed by atoms with Gasteiger partial charge in [0.25, 0.3) is 0 Å². The zero-order chi connectivity index (χ0) is 11.0. The number of hydrogen-bond acceptors (Lipinski definition) is 4. The average molecular weight is 201 g/mol. The van der Waals surface area contributed by atoms with Crippen molar-refractivity contribution in [3.63, 3.8) is 0 Å². The van der Waals surface area contributed by atoms with Crippen molar-refractivity contribution < 1.29 is 4.79 Å². The fraction of sp³-hybridized carbons (Fsp3) is 0.900. The predicted octanol–water partition coefficient (Wildman–Crippen LogP) is 0.836. The molecule has 4 heteroatoms. The van der Waals surface area contributed by atoms with Crippen LogP contribution in [0.25, 0.3) is 0 Å². The summed E-state index contributed by atoms with van der Waals surface area (Å²) in [5.41, 5.74) is 16.3. The van der Waals surface area contributed by atoms with Crippen molar-refractivity contribution in [2.75, 3.05) is 0 Å². The van der Waals surface area contributed by atoms with E-state index in [4.69, 9.17) is 17.2 Å². The van der Waals surface area contributed by atoms with Crippen molar-refractivity contribution in [2.24, 2.45) is 17.2 Å². The van der Waals surface area contributed by atoms with Gasteiger partial charge in [-0.3, -0.25) is 0 Å². The molecule has 0 spiro atoms. The minimum atomic E-state index is -1.01. The van der Waals surface area contributed by atoms with Gasteiger partial charge in [0.15, 0.2) is 0 Å². The molecule has 0 atom stereocenters. The van der Waals surface area contributed by atoms with Crippen LogP contribution in [0.2, 0.25) is 0 Å². The number of Topliss-reactive ketones (excluding diaryl/α,β-unsaturated/α-hetero) is 1. The number of hydrogen-bond donors (Lipinski definition) is 3.